The number of hydrogen-bond acceptors (Lipinski definition) is 3. The van der Waals surface area contributed by atoms with Crippen molar-refractivity contribution in [3.63, 3.8) is 0 Å². The fourth-order valence-corrected chi connectivity index (χ4v) is 4.43. The van der Waals surface area contributed by atoms with Gasteiger partial charge in [0.15, 0.2) is 0 Å². The molecule has 144 valence electrons. The van der Waals surface area contributed by atoms with E-state index in [1.54, 1.807) is 23.9 Å². The van der Waals surface area contributed by atoms with Gasteiger partial charge in [-0.15, -0.1) is 0 Å². The molecule has 2 aromatic rings. The molecule has 1 N–H and O–H groups in total. The van der Waals surface area contributed by atoms with Gasteiger partial charge in [0.25, 0.3) is 0 Å². The Balaban J connectivity index is 0.00000364. The van der Waals surface area contributed by atoms with E-state index in [0.29, 0.717) is 4.47 Å². The second kappa shape index (κ2) is 14.6. The first-order chi connectivity index (χ1) is 12.3. The Morgan fingerprint density at radius 2 is 1.68 bits per heavy atom. The van der Waals surface area contributed by atoms with Crippen LogP contribution in [0.4, 0.5) is 8.78 Å². The molecule has 0 aromatic heterocycles. The Hall–Kier alpha value is 1.60. The van der Waals surface area contributed by atoms with Gasteiger partial charge in [-0.05, 0) is 69.9 Å². The quantitative estimate of drug-likeness (QED) is 0.223. The third-order valence-corrected chi connectivity index (χ3v) is 6.62. The summed E-state index contributed by atoms with van der Waals surface area (Å²) in [5.41, 5.74) is 2.27. The molecule has 3 nitrogen and oxygen atoms in total. The molecule has 0 bridgehead atoms. The molecule has 0 saturated carbocycles. The molecule has 0 fully saturated rings. The van der Waals surface area contributed by atoms with Crippen LogP contribution in [-0.4, -0.2) is 75.9 Å². The largest absolute Gasteiger partial charge is 0.442 e. The zero-order valence-electron chi connectivity index (χ0n) is 15.6. The van der Waals surface area contributed by atoms with Gasteiger partial charge in [0, 0.05) is 69.3 Å². The fourth-order valence-electron chi connectivity index (χ4n) is 2.11. The van der Waals surface area contributed by atoms with E-state index >= 15 is 0 Å². The fraction of sp³-hybridized carbons (Fsp3) is 0.294. The molecule has 0 aliphatic carbocycles. The maximum Gasteiger partial charge on any atom is 0.442 e. The molecule has 1 atom stereocenters. The molecule has 2 aromatic carbocycles. The van der Waals surface area contributed by atoms with Gasteiger partial charge in [0.05, 0.1) is 4.47 Å². The van der Waals surface area contributed by atoms with E-state index in [4.69, 9.17) is 4.89 Å². The van der Waals surface area contributed by atoms with Crippen LogP contribution in [0.5, 0.6) is 5.75 Å². The Labute approximate surface area is 229 Å². The first kappa shape index (κ1) is 29.6. The summed E-state index contributed by atoms with van der Waals surface area (Å²) in [5, 5.41) is 0. The first-order valence-corrected chi connectivity index (χ1v) is 12.1. The average Bonchev–Trinajstić information content (AvgIpc) is 2.58. The number of halogens is 4. The van der Waals surface area contributed by atoms with Gasteiger partial charge >= 0.3 is 13.8 Å². The third-order valence-electron chi connectivity index (χ3n) is 3.41. The van der Waals surface area contributed by atoms with Gasteiger partial charge < -0.3 is 9.42 Å². The summed E-state index contributed by atoms with van der Waals surface area (Å²) in [6.07, 6.45) is -1.37. The van der Waals surface area contributed by atoms with Gasteiger partial charge in [-0.1, -0.05) is 34.1 Å². The van der Waals surface area contributed by atoms with Crippen molar-refractivity contribution >= 4 is 110 Å². The summed E-state index contributed by atoms with van der Waals surface area (Å²) >= 11 is 8.37. The molecular weight excluding hydrogens is 559 g/mol. The normalized spacial score (nSPS) is 12.6. The van der Waals surface area contributed by atoms with Crippen LogP contribution in [0.2, 0.25) is 0 Å². The van der Waals surface area contributed by atoms with Crippen LogP contribution < -0.4 is 4.52 Å². The van der Waals surface area contributed by atoms with Crippen LogP contribution in [0, 0.1) is 0 Å². The van der Waals surface area contributed by atoms with E-state index in [1.165, 1.54) is 11.6 Å². The van der Waals surface area contributed by atoms with Crippen molar-refractivity contribution < 1.29 is 22.8 Å². The Bertz CT molecular complexity index is 785. The minimum absolute atomic E-state index is 0. The van der Waals surface area contributed by atoms with Gasteiger partial charge in [-0.2, -0.15) is 20.5 Å². The molecule has 0 aliphatic heterocycles. The Kier molecular flexibility index (Phi) is 15.5. The third kappa shape index (κ3) is 10.3. The number of benzene rings is 2. The zero-order chi connectivity index (χ0) is 19.2. The molecule has 1 unspecified atom stereocenters. The van der Waals surface area contributed by atoms with E-state index in [1.807, 2.05) is 12.1 Å². The van der Waals surface area contributed by atoms with Crippen molar-refractivity contribution in [2.24, 2.45) is 0 Å². The van der Waals surface area contributed by atoms with E-state index in [-0.39, 0.29) is 64.9 Å². The van der Waals surface area contributed by atoms with Crippen molar-refractivity contribution in [1.82, 2.24) is 0 Å². The average molecular weight is 576 g/mol. The smallest absolute Gasteiger partial charge is 0.420 e. The summed E-state index contributed by atoms with van der Waals surface area (Å²) in [7, 11) is -4.96. The van der Waals surface area contributed by atoms with Crippen LogP contribution in [0.15, 0.2) is 51.4 Å². The van der Waals surface area contributed by atoms with E-state index in [2.05, 4.69) is 48.5 Å². The van der Waals surface area contributed by atoms with Gasteiger partial charge in [-0.25, -0.2) is 4.57 Å². The number of hydrogen-bond donors (Lipinski definition) is 1. The monoisotopic (exact) mass is 574 g/mol. The van der Waals surface area contributed by atoms with Crippen molar-refractivity contribution in [1.29, 1.82) is 0 Å². The molecular formula is C17H17Br2F2Na2O3PS. The molecule has 2 rings (SSSR count). The van der Waals surface area contributed by atoms with Crippen LogP contribution in [0.1, 0.15) is 17.5 Å². The predicted molar refractivity (Wildman–Crippen MR) is 121 cm³/mol. The summed E-state index contributed by atoms with van der Waals surface area (Å²) in [6.45, 7) is 0. The maximum atomic E-state index is 12.4. The summed E-state index contributed by atoms with van der Waals surface area (Å²) in [4.78, 5) is 9.10. The SMILES string of the molecule is O=P(O)(Oc1ccc(CSCCCc2ccc(Br)cc2)cc1Br)C(F)F.[Na].[Na]. The maximum absolute atomic E-state index is 12.4. The summed E-state index contributed by atoms with van der Waals surface area (Å²) < 4.78 is 42.1. The van der Waals surface area contributed by atoms with Crippen LogP contribution >= 0.6 is 51.2 Å². The molecule has 2 radical (unpaired) electrons. The van der Waals surface area contributed by atoms with E-state index in [0.717, 1.165) is 34.4 Å². The number of alkyl halides is 2. The topological polar surface area (TPSA) is 46.5 Å². The van der Waals surface area contributed by atoms with Crippen molar-refractivity contribution in [3.8, 4) is 5.75 Å². The molecule has 0 spiro atoms. The molecule has 0 heterocycles. The predicted octanol–water partition coefficient (Wildman–Crippen LogP) is 6.10. The number of thioether (sulfide) groups is 1. The minimum atomic E-state index is -4.96. The first-order valence-electron chi connectivity index (χ1n) is 7.69. The molecule has 0 amide bonds. The number of rotatable bonds is 9. The van der Waals surface area contributed by atoms with E-state index in [9.17, 15) is 13.3 Å². The summed E-state index contributed by atoms with van der Waals surface area (Å²) in [6, 6.07) is 13.1. The number of aryl methyl sites for hydroxylation is 1. The minimum Gasteiger partial charge on any atom is -0.420 e. The Morgan fingerprint density at radius 1 is 1.07 bits per heavy atom. The van der Waals surface area contributed by atoms with Crippen molar-refractivity contribution in [2.45, 2.75) is 24.8 Å². The van der Waals surface area contributed by atoms with Crippen LogP contribution in [0.3, 0.4) is 0 Å². The second-order valence-corrected chi connectivity index (χ2v) is 10.1. The molecule has 28 heavy (non-hydrogen) atoms. The van der Waals surface area contributed by atoms with Crippen LogP contribution in [0.25, 0.3) is 0 Å². The standard InChI is InChI=1S/C17H17Br2F2O3PS.2Na/c18-14-6-3-12(4-7-14)2-1-9-26-11-13-5-8-16(15(19)10-13)24-25(22,23)17(20)21;;/h3-8,10,17H,1-2,9,11H2,(H,22,23);;. The zero-order valence-corrected chi connectivity index (χ0v) is 24.5. The van der Waals surface area contributed by atoms with Crippen LogP contribution in [-0.2, 0) is 16.7 Å². The van der Waals surface area contributed by atoms with Crippen molar-refractivity contribution in [3.05, 3.63) is 62.5 Å². The van der Waals surface area contributed by atoms with E-state index < -0.39 is 13.8 Å². The summed E-state index contributed by atoms with van der Waals surface area (Å²) in [5.74, 6) is 1.67. The van der Waals surface area contributed by atoms with Gasteiger partial charge in [-0.3, -0.25) is 0 Å². The second-order valence-electron chi connectivity index (χ2n) is 5.48. The van der Waals surface area contributed by atoms with Crippen molar-refractivity contribution in [2.75, 3.05) is 5.75 Å². The molecule has 11 heteroatoms. The van der Waals surface area contributed by atoms with Gasteiger partial charge in [0.2, 0.25) is 0 Å². The molecule has 0 aliphatic rings. The molecule has 0 saturated heterocycles. The Morgan fingerprint density at radius 3 is 2.25 bits per heavy atom. The van der Waals surface area contributed by atoms with Gasteiger partial charge in [0.1, 0.15) is 5.75 Å².